The maximum absolute atomic E-state index is 12.8. The van der Waals surface area contributed by atoms with Gasteiger partial charge in [-0.25, -0.2) is 0 Å². The molecule has 1 heterocycles. The molecule has 1 N–H and O–H groups in total. The summed E-state index contributed by atoms with van der Waals surface area (Å²) >= 11 is 0. The Morgan fingerprint density at radius 3 is 2.43 bits per heavy atom. The molecule has 1 aliphatic rings. The predicted molar refractivity (Wildman–Crippen MR) is 91.4 cm³/mol. The Morgan fingerprint density at radius 1 is 1.30 bits per heavy atom. The zero-order chi connectivity index (χ0) is 17.2. The first-order chi connectivity index (χ1) is 10.8. The molecule has 1 aliphatic heterocycles. The summed E-state index contributed by atoms with van der Waals surface area (Å²) in [7, 11) is 3.76. The van der Waals surface area contributed by atoms with Gasteiger partial charge in [-0.15, -0.1) is 0 Å². The molecule has 0 unspecified atom stereocenters. The molecule has 2 atom stereocenters. The molecule has 23 heavy (non-hydrogen) atoms. The van der Waals surface area contributed by atoms with Gasteiger partial charge < -0.3 is 10.2 Å². The number of hydrogen-bond acceptors (Lipinski definition) is 3. The summed E-state index contributed by atoms with van der Waals surface area (Å²) < 4.78 is 0. The Hall–Kier alpha value is -2.17. The summed E-state index contributed by atoms with van der Waals surface area (Å²) in [6.45, 7) is 5.94. The SMILES string of the molecule is CC(C)[C@]1(NC(=O)c2ccccc2)C[C@H](C)C(N(C)C)=NC1=O. The van der Waals surface area contributed by atoms with Gasteiger partial charge in [0.1, 0.15) is 11.4 Å². The smallest absolute Gasteiger partial charge is 0.273 e. The molecule has 0 aromatic heterocycles. The van der Waals surface area contributed by atoms with E-state index >= 15 is 0 Å². The third-order valence-electron chi connectivity index (χ3n) is 4.48. The molecule has 0 radical (unpaired) electrons. The van der Waals surface area contributed by atoms with Crippen LogP contribution < -0.4 is 5.32 Å². The van der Waals surface area contributed by atoms with Crippen molar-refractivity contribution in [3.05, 3.63) is 35.9 Å². The van der Waals surface area contributed by atoms with Crippen LogP contribution in [0.3, 0.4) is 0 Å². The minimum absolute atomic E-state index is 0.0439. The van der Waals surface area contributed by atoms with Gasteiger partial charge in [0.15, 0.2) is 0 Å². The largest absolute Gasteiger partial charge is 0.366 e. The van der Waals surface area contributed by atoms with Crippen LogP contribution in [0.15, 0.2) is 35.3 Å². The Bertz CT molecular complexity index is 622. The highest BCUT2D eigenvalue weighted by Crippen LogP contribution is 2.32. The van der Waals surface area contributed by atoms with Crippen LogP contribution in [0.5, 0.6) is 0 Å². The van der Waals surface area contributed by atoms with Crippen molar-refractivity contribution in [3.8, 4) is 0 Å². The third-order valence-corrected chi connectivity index (χ3v) is 4.48. The number of aliphatic imine (C=N–C) groups is 1. The van der Waals surface area contributed by atoms with Gasteiger partial charge in [-0.1, -0.05) is 39.0 Å². The molecule has 1 aromatic rings. The molecule has 0 saturated carbocycles. The first-order valence-electron chi connectivity index (χ1n) is 7.96. The lowest BCUT2D eigenvalue weighted by Crippen LogP contribution is -2.61. The van der Waals surface area contributed by atoms with E-state index in [0.29, 0.717) is 12.0 Å². The van der Waals surface area contributed by atoms with Crippen molar-refractivity contribution in [2.45, 2.75) is 32.7 Å². The number of carbonyl (C=O) groups excluding carboxylic acids is 2. The van der Waals surface area contributed by atoms with E-state index in [2.05, 4.69) is 10.3 Å². The fourth-order valence-electron chi connectivity index (χ4n) is 3.11. The highest BCUT2D eigenvalue weighted by atomic mass is 16.2. The van der Waals surface area contributed by atoms with E-state index in [-0.39, 0.29) is 23.7 Å². The van der Waals surface area contributed by atoms with Gasteiger partial charge >= 0.3 is 0 Å². The van der Waals surface area contributed by atoms with E-state index in [1.165, 1.54) is 0 Å². The topological polar surface area (TPSA) is 61.8 Å². The first-order valence-corrected chi connectivity index (χ1v) is 7.96. The molecule has 5 nitrogen and oxygen atoms in total. The lowest BCUT2D eigenvalue weighted by Gasteiger charge is -2.41. The lowest BCUT2D eigenvalue weighted by atomic mass is 9.75. The van der Waals surface area contributed by atoms with Crippen LogP contribution in [0.2, 0.25) is 0 Å². The number of hydrogen-bond donors (Lipinski definition) is 1. The van der Waals surface area contributed by atoms with Crippen LogP contribution in [0, 0.1) is 11.8 Å². The normalized spacial score (nSPS) is 24.3. The molecule has 2 amide bonds. The van der Waals surface area contributed by atoms with Gasteiger partial charge in [0.05, 0.1) is 0 Å². The maximum Gasteiger partial charge on any atom is 0.273 e. The van der Waals surface area contributed by atoms with E-state index in [1.54, 1.807) is 12.1 Å². The minimum atomic E-state index is -0.953. The van der Waals surface area contributed by atoms with Gasteiger partial charge in [-0.05, 0) is 24.5 Å². The van der Waals surface area contributed by atoms with Crippen LogP contribution in [0.1, 0.15) is 37.6 Å². The number of benzene rings is 1. The standard InChI is InChI=1S/C18H25N3O2/c1-12(2)18(20-16(22)14-9-7-6-8-10-14)11-13(3)15(21(4)5)19-17(18)23/h6-10,12-13H,11H2,1-5H3,(H,20,22)/t13-,18+/m0/s1. The summed E-state index contributed by atoms with van der Waals surface area (Å²) in [4.78, 5) is 31.5. The van der Waals surface area contributed by atoms with Crippen molar-refractivity contribution in [1.82, 2.24) is 10.2 Å². The molecule has 124 valence electrons. The van der Waals surface area contributed by atoms with E-state index in [9.17, 15) is 9.59 Å². The van der Waals surface area contributed by atoms with Gasteiger partial charge in [0.2, 0.25) is 0 Å². The molecule has 0 spiro atoms. The monoisotopic (exact) mass is 315 g/mol. The van der Waals surface area contributed by atoms with Gasteiger partial charge in [0.25, 0.3) is 11.8 Å². The van der Waals surface area contributed by atoms with Crippen molar-refractivity contribution >= 4 is 17.6 Å². The number of amides is 2. The van der Waals surface area contributed by atoms with E-state index in [4.69, 9.17) is 0 Å². The molecule has 5 heteroatoms. The molecular formula is C18H25N3O2. The fourth-order valence-corrected chi connectivity index (χ4v) is 3.11. The van der Waals surface area contributed by atoms with E-state index < -0.39 is 5.54 Å². The van der Waals surface area contributed by atoms with E-state index in [0.717, 1.165) is 5.84 Å². The Balaban J connectivity index is 2.35. The maximum atomic E-state index is 12.8. The van der Waals surface area contributed by atoms with E-state index in [1.807, 2.05) is 58.0 Å². The second-order valence-corrected chi connectivity index (χ2v) is 6.72. The van der Waals surface area contributed by atoms with Gasteiger partial charge in [-0.2, -0.15) is 4.99 Å². The number of carbonyl (C=O) groups is 2. The van der Waals surface area contributed by atoms with Crippen LogP contribution in [0.25, 0.3) is 0 Å². The Kier molecular flexibility index (Phi) is 4.88. The summed E-state index contributed by atoms with van der Waals surface area (Å²) in [5, 5.41) is 2.97. The zero-order valence-corrected chi connectivity index (χ0v) is 14.5. The van der Waals surface area contributed by atoms with Crippen molar-refractivity contribution in [3.63, 3.8) is 0 Å². The average molecular weight is 315 g/mol. The second kappa shape index (κ2) is 6.52. The Morgan fingerprint density at radius 2 is 1.91 bits per heavy atom. The molecular weight excluding hydrogens is 290 g/mol. The van der Waals surface area contributed by atoms with Gasteiger partial charge in [-0.3, -0.25) is 9.59 Å². The summed E-state index contributed by atoms with van der Waals surface area (Å²) in [5.41, 5.74) is -0.401. The summed E-state index contributed by atoms with van der Waals surface area (Å²) in [5.74, 6) is 0.320. The van der Waals surface area contributed by atoms with Crippen LogP contribution in [-0.4, -0.2) is 42.2 Å². The van der Waals surface area contributed by atoms with Crippen molar-refractivity contribution in [2.24, 2.45) is 16.8 Å². The van der Waals surface area contributed by atoms with Crippen LogP contribution in [-0.2, 0) is 4.79 Å². The fraction of sp³-hybridized carbons (Fsp3) is 0.500. The number of nitrogens with zero attached hydrogens (tertiary/aromatic N) is 2. The van der Waals surface area contributed by atoms with Crippen molar-refractivity contribution < 1.29 is 9.59 Å². The second-order valence-electron chi connectivity index (χ2n) is 6.72. The van der Waals surface area contributed by atoms with Crippen molar-refractivity contribution in [1.29, 1.82) is 0 Å². The quantitative estimate of drug-likeness (QED) is 0.931. The average Bonchev–Trinajstić information content (AvgIpc) is 2.50. The Labute approximate surface area is 137 Å². The lowest BCUT2D eigenvalue weighted by molar-refractivity contribution is -0.127. The summed E-state index contributed by atoms with van der Waals surface area (Å²) in [6.07, 6.45) is 0.555. The molecule has 0 fully saturated rings. The van der Waals surface area contributed by atoms with Gasteiger partial charge in [0, 0.05) is 25.6 Å². The third kappa shape index (κ3) is 3.28. The zero-order valence-electron chi connectivity index (χ0n) is 14.5. The number of nitrogens with one attached hydrogen (secondary N) is 1. The van der Waals surface area contributed by atoms with Crippen LogP contribution >= 0.6 is 0 Å². The summed E-state index contributed by atoms with van der Waals surface area (Å²) in [6, 6.07) is 8.97. The van der Waals surface area contributed by atoms with Crippen molar-refractivity contribution in [2.75, 3.05) is 14.1 Å². The molecule has 2 rings (SSSR count). The first kappa shape index (κ1) is 17.2. The predicted octanol–water partition coefficient (Wildman–Crippen LogP) is 2.34. The van der Waals surface area contributed by atoms with Crippen LogP contribution in [0.4, 0.5) is 0 Å². The highest BCUT2D eigenvalue weighted by molar-refractivity contribution is 6.06. The molecule has 0 aliphatic carbocycles. The molecule has 1 aromatic carbocycles. The highest BCUT2D eigenvalue weighted by Gasteiger charge is 2.47. The minimum Gasteiger partial charge on any atom is -0.366 e. The number of amidine groups is 1. The number of rotatable bonds is 3. The molecule has 0 bridgehead atoms. The molecule has 0 saturated heterocycles.